The van der Waals surface area contributed by atoms with Crippen molar-refractivity contribution in [2.45, 2.75) is 0 Å². The number of hydrogen-bond donors (Lipinski definition) is 2. The highest BCUT2D eigenvalue weighted by atomic mass is 32.1. The van der Waals surface area contributed by atoms with Gasteiger partial charge in [0.05, 0.1) is 16.0 Å². The van der Waals surface area contributed by atoms with Crippen molar-refractivity contribution < 1.29 is 4.92 Å². The highest BCUT2D eigenvalue weighted by Crippen LogP contribution is 2.22. The average Bonchev–Trinajstić information content (AvgIpc) is 2.52. The van der Waals surface area contributed by atoms with Crippen LogP contribution in [-0.2, 0) is 0 Å². The van der Waals surface area contributed by atoms with E-state index in [-0.39, 0.29) is 11.0 Å². The average molecular weight is 213 g/mol. The molecule has 0 saturated heterocycles. The second-order valence-electron chi connectivity index (χ2n) is 2.20. The van der Waals surface area contributed by atoms with Gasteiger partial charge in [0.25, 0.3) is 0 Å². The fourth-order valence-corrected chi connectivity index (χ4v) is 1.35. The van der Waals surface area contributed by atoms with Crippen molar-refractivity contribution in [1.29, 1.82) is 0 Å². The zero-order valence-corrected chi connectivity index (χ0v) is 7.77. The lowest BCUT2D eigenvalue weighted by Crippen LogP contribution is -2.21. The third-order valence-corrected chi connectivity index (χ3v) is 2.12. The molecule has 0 aliphatic rings. The Labute approximate surface area is 82.9 Å². The number of nitrogens with two attached hydrogens (primary N) is 2. The van der Waals surface area contributed by atoms with Gasteiger partial charge in [0.2, 0.25) is 5.96 Å². The summed E-state index contributed by atoms with van der Waals surface area (Å²) in [6, 6.07) is 2.95. The van der Waals surface area contributed by atoms with Gasteiger partial charge in [-0.2, -0.15) is 5.10 Å². The van der Waals surface area contributed by atoms with Crippen LogP contribution in [0, 0.1) is 10.1 Å². The Bertz CT molecular complexity index is 393. The maximum atomic E-state index is 10.3. The normalized spacial score (nSPS) is 10.3. The van der Waals surface area contributed by atoms with E-state index in [1.807, 2.05) is 0 Å². The molecule has 4 N–H and O–H groups in total. The topological polar surface area (TPSA) is 120 Å². The predicted octanol–water partition coefficient (Wildman–Crippen LogP) is 0.264. The SMILES string of the molecule is NC(N)=N/N=C/c1ccc([N+](=O)[O-])s1. The highest BCUT2D eigenvalue weighted by Gasteiger charge is 2.07. The first-order chi connectivity index (χ1) is 6.59. The molecular weight excluding hydrogens is 206 g/mol. The Morgan fingerprint density at radius 2 is 2.29 bits per heavy atom. The fourth-order valence-electron chi connectivity index (χ4n) is 0.662. The third-order valence-electron chi connectivity index (χ3n) is 1.15. The molecule has 1 aromatic heterocycles. The van der Waals surface area contributed by atoms with Crippen LogP contribution >= 0.6 is 11.3 Å². The minimum Gasteiger partial charge on any atom is -0.369 e. The van der Waals surface area contributed by atoms with Crippen molar-refractivity contribution in [3.63, 3.8) is 0 Å². The first-order valence-corrected chi connectivity index (χ1v) is 4.27. The Morgan fingerprint density at radius 1 is 1.57 bits per heavy atom. The number of nitrogens with zero attached hydrogens (tertiary/aromatic N) is 3. The van der Waals surface area contributed by atoms with Gasteiger partial charge < -0.3 is 11.5 Å². The molecule has 0 spiro atoms. The van der Waals surface area contributed by atoms with Gasteiger partial charge in [-0.05, 0) is 6.07 Å². The molecule has 0 aliphatic heterocycles. The van der Waals surface area contributed by atoms with Gasteiger partial charge in [0, 0.05) is 6.07 Å². The van der Waals surface area contributed by atoms with Crippen LogP contribution < -0.4 is 11.5 Å². The first-order valence-electron chi connectivity index (χ1n) is 3.46. The molecule has 0 aromatic carbocycles. The van der Waals surface area contributed by atoms with Crippen LogP contribution in [0.15, 0.2) is 22.3 Å². The third kappa shape index (κ3) is 2.83. The van der Waals surface area contributed by atoms with Crippen LogP contribution in [0.25, 0.3) is 0 Å². The van der Waals surface area contributed by atoms with Crippen LogP contribution in [-0.4, -0.2) is 17.1 Å². The summed E-state index contributed by atoms with van der Waals surface area (Å²) < 4.78 is 0. The number of nitro groups is 1. The number of guanidine groups is 1. The van der Waals surface area contributed by atoms with Crippen molar-refractivity contribution in [1.82, 2.24) is 0 Å². The number of hydrogen-bond acceptors (Lipinski definition) is 5. The highest BCUT2D eigenvalue weighted by molar-refractivity contribution is 7.16. The molecular formula is C6H7N5O2S. The van der Waals surface area contributed by atoms with Crippen molar-refractivity contribution in [2.24, 2.45) is 21.7 Å². The van der Waals surface area contributed by atoms with Crippen molar-refractivity contribution in [2.75, 3.05) is 0 Å². The van der Waals surface area contributed by atoms with E-state index in [1.54, 1.807) is 6.07 Å². The van der Waals surface area contributed by atoms with Crippen molar-refractivity contribution in [3.05, 3.63) is 27.1 Å². The lowest BCUT2D eigenvalue weighted by atomic mass is 10.5. The van der Waals surface area contributed by atoms with Crippen LogP contribution in [0.4, 0.5) is 5.00 Å². The second kappa shape index (κ2) is 4.33. The van der Waals surface area contributed by atoms with E-state index >= 15 is 0 Å². The molecule has 1 rings (SSSR count). The largest absolute Gasteiger partial charge is 0.369 e. The Balaban J connectivity index is 2.74. The molecule has 0 fully saturated rings. The molecule has 14 heavy (non-hydrogen) atoms. The molecule has 0 radical (unpaired) electrons. The minimum atomic E-state index is -0.470. The van der Waals surface area contributed by atoms with E-state index in [0.717, 1.165) is 11.3 Å². The zero-order valence-electron chi connectivity index (χ0n) is 6.95. The fraction of sp³-hybridized carbons (Fsp3) is 0. The summed E-state index contributed by atoms with van der Waals surface area (Å²) in [6.45, 7) is 0. The molecule has 0 aliphatic carbocycles. The summed E-state index contributed by atoms with van der Waals surface area (Å²) in [4.78, 5) is 10.4. The van der Waals surface area contributed by atoms with Gasteiger partial charge >= 0.3 is 5.00 Å². The van der Waals surface area contributed by atoms with E-state index in [0.29, 0.717) is 4.88 Å². The molecule has 74 valence electrons. The maximum Gasteiger partial charge on any atom is 0.324 e. The number of thiophene rings is 1. The summed E-state index contributed by atoms with van der Waals surface area (Å²) in [5.41, 5.74) is 10.0. The smallest absolute Gasteiger partial charge is 0.324 e. The standard InChI is InChI=1S/C6H7N5O2S/c7-6(8)10-9-3-4-1-2-5(14-4)11(12)13/h1-3H,(H4,7,8,10)/b9-3+. The molecule has 1 aromatic rings. The monoisotopic (exact) mass is 213 g/mol. The van der Waals surface area contributed by atoms with E-state index < -0.39 is 4.92 Å². The molecule has 7 nitrogen and oxygen atoms in total. The van der Waals surface area contributed by atoms with Gasteiger partial charge in [0.1, 0.15) is 0 Å². The minimum absolute atomic E-state index is 0.0520. The zero-order chi connectivity index (χ0) is 10.6. The Hall–Kier alpha value is -1.96. The van der Waals surface area contributed by atoms with E-state index in [9.17, 15) is 10.1 Å². The summed E-state index contributed by atoms with van der Waals surface area (Å²) >= 11 is 0.993. The molecule has 8 heteroatoms. The molecule has 0 amide bonds. The Morgan fingerprint density at radius 3 is 2.79 bits per heavy atom. The number of rotatable bonds is 3. The van der Waals surface area contributed by atoms with Gasteiger partial charge in [-0.1, -0.05) is 11.3 Å². The van der Waals surface area contributed by atoms with E-state index in [1.165, 1.54) is 12.3 Å². The Kier molecular flexibility index (Phi) is 3.13. The maximum absolute atomic E-state index is 10.3. The summed E-state index contributed by atoms with van der Waals surface area (Å²) in [6.07, 6.45) is 1.34. The van der Waals surface area contributed by atoms with Gasteiger partial charge in [-0.15, -0.1) is 5.10 Å². The van der Waals surface area contributed by atoms with E-state index in [2.05, 4.69) is 10.2 Å². The summed E-state index contributed by atoms with van der Waals surface area (Å²) in [5, 5.41) is 17.2. The van der Waals surface area contributed by atoms with Crippen molar-refractivity contribution in [3.8, 4) is 0 Å². The second-order valence-corrected chi connectivity index (χ2v) is 3.30. The van der Waals surface area contributed by atoms with Gasteiger partial charge in [-0.3, -0.25) is 10.1 Å². The van der Waals surface area contributed by atoms with Gasteiger partial charge in [0.15, 0.2) is 0 Å². The quantitative estimate of drug-likeness (QED) is 0.324. The van der Waals surface area contributed by atoms with E-state index in [4.69, 9.17) is 11.5 Å². The first kappa shape index (κ1) is 10.1. The summed E-state index contributed by atoms with van der Waals surface area (Å²) in [7, 11) is 0. The van der Waals surface area contributed by atoms with Gasteiger partial charge in [-0.25, -0.2) is 0 Å². The molecule has 1 heterocycles. The lowest BCUT2D eigenvalue weighted by Gasteiger charge is -1.82. The predicted molar refractivity (Wildman–Crippen MR) is 54.4 cm³/mol. The van der Waals surface area contributed by atoms with Crippen LogP contribution in [0.5, 0.6) is 0 Å². The summed E-state index contributed by atoms with van der Waals surface area (Å²) in [5.74, 6) is -0.160. The molecule has 0 bridgehead atoms. The molecule has 0 atom stereocenters. The molecule has 0 saturated carbocycles. The van der Waals surface area contributed by atoms with Crippen molar-refractivity contribution >= 4 is 28.5 Å². The van der Waals surface area contributed by atoms with Crippen LogP contribution in [0.3, 0.4) is 0 Å². The lowest BCUT2D eigenvalue weighted by molar-refractivity contribution is -0.380. The van der Waals surface area contributed by atoms with Crippen LogP contribution in [0.2, 0.25) is 0 Å². The van der Waals surface area contributed by atoms with Crippen LogP contribution in [0.1, 0.15) is 4.88 Å². The molecule has 0 unspecified atom stereocenters.